The Kier molecular flexibility index (Phi) is 13.1. The van der Waals surface area contributed by atoms with Crippen LogP contribution in [0.5, 0.6) is 0 Å². The van der Waals surface area contributed by atoms with Crippen molar-refractivity contribution >= 4 is 11.9 Å². The van der Waals surface area contributed by atoms with Gasteiger partial charge < -0.3 is 15.5 Å². The first-order valence-electron chi connectivity index (χ1n) is 4.55. The van der Waals surface area contributed by atoms with Crippen molar-refractivity contribution in [3.05, 3.63) is 24.3 Å². The molecule has 0 fully saturated rings. The molecule has 0 unspecified atom stereocenters. The number of hydrogen-bond acceptors (Lipinski definition) is 3. The number of rotatable bonds is 5. The van der Waals surface area contributed by atoms with Gasteiger partial charge in [-0.05, 0) is 13.1 Å². The summed E-state index contributed by atoms with van der Waals surface area (Å²) >= 11 is 0. The van der Waals surface area contributed by atoms with Crippen molar-refractivity contribution in [2.75, 3.05) is 13.1 Å². The van der Waals surface area contributed by atoms with Gasteiger partial charge in [-0.15, -0.1) is 0 Å². The zero-order valence-corrected chi connectivity index (χ0v) is 8.93. The van der Waals surface area contributed by atoms with Crippen molar-refractivity contribution in [1.82, 2.24) is 5.32 Å². The van der Waals surface area contributed by atoms with E-state index in [-0.39, 0.29) is 0 Å². The first kappa shape index (κ1) is 15.8. The summed E-state index contributed by atoms with van der Waals surface area (Å²) in [5, 5.41) is 19.1. The van der Waals surface area contributed by atoms with Crippen LogP contribution in [0.25, 0.3) is 0 Å². The predicted octanol–water partition coefficient (Wildman–Crippen LogP) is 0.884. The van der Waals surface area contributed by atoms with Crippen LogP contribution in [-0.4, -0.2) is 35.2 Å². The lowest BCUT2D eigenvalue weighted by Gasteiger charge is -1.86. The molecule has 0 aromatic heterocycles. The second-order valence-electron chi connectivity index (χ2n) is 2.35. The molecular formula is C10H17NO4. The summed E-state index contributed by atoms with van der Waals surface area (Å²) in [7, 11) is 0. The molecule has 0 amide bonds. The summed E-state index contributed by atoms with van der Waals surface area (Å²) < 4.78 is 0. The highest BCUT2D eigenvalue weighted by Crippen LogP contribution is 1.76. The Morgan fingerprint density at radius 3 is 1.47 bits per heavy atom. The Hall–Kier alpha value is -1.62. The minimum absolute atomic E-state index is 0.847. The Bertz CT molecular complexity index is 210. The maximum absolute atomic E-state index is 9.78. The third kappa shape index (κ3) is 24.5. The third-order valence-electron chi connectivity index (χ3n) is 1.09. The van der Waals surface area contributed by atoms with Gasteiger partial charge in [0.05, 0.1) is 0 Å². The van der Waals surface area contributed by atoms with Crippen LogP contribution in [0.3, 0.4) is 0 Å². The van der Waals surface area contributed by atoms with Crippen molar-refractivity contribution in [2.45, 2.75) is 13.8 Å². The number of carbonyl (C=O) groups is 2. The smallest absolute Gasteiger partial charge is 0.328 e. The molecule has 0 aliphatic rings. The largest absolute Gasteiger partial charge is 0.478 e. The van der Waals surface area contributed by atoms with E-state index in [2.05, 4.69) is 19.2 Å². The fourth-order valence-corrected chi connectivity index (χ4v) is 0.526. The van der Waals surface area contributed by atoms with E-state index in [1.165, 1.54) is 0 Å². The number of carboxylic acids is 2. The van der Waals surface area contributed by atoms with Crippen LogP contribution in [0.15, 0.2) is 24.3 Å². The molecule has 0 spiro atoms. The van der Waals surface area contributed by atoms with Gasteiger partial charge in [-0.3, -0.25) is 0 Å². The van der Waals surface area contributed by atoms with Crippen molar-refractivity contribution < 1.29 is 19.8 Å². The molecule has 3 N–H and O–H groups in total. The molecule has 0 aromatic carbocycles. The van der Waals surface area contributed by atoms with Gasteiger partial charge in [-0.25, -0.2) is 9.59 Å². The number of nitrogens with one attached hydrogen (secondary N) is 1. The van der Waals surface area contributed by atoms with Gasteiger partial charge in [0.25, 0.3) is 0 Å². The zero-order valence-electron chi connectivity index (χ0n) is 8.93. The zero-order chi connectivity index (χ0) is 12.1. The average Bonchev–Trinajstić information content (AvgIpc) is 2.14. The molecule has 0 aromatic rings. The highest BCUT2D eigenvalue weighted by molar-refractivity contribution is 5.82. The lowest BCUT2D eigenvalue weighted by atomic mass is 10.4. The number of aliphatic carboxylic acids is 2. The van der Waals surface area contributed by atoms with Crippen LogP contribution >= 0.6 is 0 Å². The number of hydrogen-bond donors (Lipinski definition) is 3. The van der Waals surface area contributed by atoms with Crippen molar-refractivity contribution in [2.24, 2.45) is 0 Å². The standard InChI is InChI=1S/C6H6O4.C4H11N/c7-5(8)3-1-2-4-6(9)10;1-3-5-4-2/h1-4H,(H,7,8)(H,9,10);5H,3-4H2,1-2H3/b3-1-,4-2-;. The van der Waals surface area contributed by atoms with Crippen molar-refractivity contribution in [3.63, 3.8) is 0 Å². The van der Waals surface area contributed by atoms with E-state index in [1.807, 2.05) is 0 Å². The summed E-state index contributed by atoms with van der Waals surface area (Å²) in [5.74, 6) is -2.20. The lowest BCUT2D eigenvalue weighted by molar-refractivity contribution is -0.132. The fourth-order valence-electron chi connectivity index (χ4n) is 0.526. The maximum Gasteiger partial charge on any atom is 0.328 e. The SMILES string of the molecule is CCNCC.O=C(O)/C=C\C=C/C(=O)O. The van der Waals surface area contributed by atoms with Crippen LogP contribution in [-0.2, 0) is 9.59 Å². The van der Waals surface area contributed by atoms with Gasteiger partial charge in [0, 0.05) is 12.2 Å². The molecule has 0 saturated heterocycles. The van der Waals surface area contributed by atoms with Gasteiger partial charge in [0.15, 0.2) is 0 Å². The molecule has 0 atom stereocenters. The molecule has 0 aliphatic carbocycles. The minimum atomic E-state index is -1.10. The molecular weight excluding hydrogens is 198 g/mol. The van der Waals surface area contributed by atoms with Gasteiger partial charge in [0.2, 0.25) is 0 Å². The number of allylic oxidation sites excluding steroid dienone is 2. The summed E-state index contributed by atoms with van der Waals surface area (Å²) in [6.07, 6.45) is 3.96. The molecule has 15 heavy (non-hydrogen) atoms. The molecule has 0 aliphatic heterocycles. The van der Waals surface area contributed by atoms with Gasteiger partial charge in [-0.2, -0.15) is 0 Å². The van der Waals surface area contributed by atoms with E-state index >= 15 is 0 Å². The molecule has 86 valence electrons. The van der Waals surface area contributed by atoms with Crippen LogP contribution < -0.4 is 5.32 Å². The Morgan fingerprint density at radius 2 is 1.33 bits per heavy atom. The van der Waals surface area contributed by atoms with Crippen LogP contribution in [0.4, 0.5) is 0 Å². The van der Waals surface area contributed by atoms with E-state index in [0.29, 0.717) is 0 Å². The normalized spacial score (nSPS) is 10.0. The van der Waals surface area contributed by atoms with Gasteiger partial charge >= 0.3 is 11.9 Å². The summed E-state index contributed by atoms with van der Waals surface area (Å²) in [6, 6.07) is 0. The second-order valence-corrected chi connectivity index (χ2v) is 2.35. The Labute approximate surface area is 89.1 Å². The van der Waals surface area contributed by atoms with E-state index in [0.717, 1.165) is 37.4 Å². The summed E-state index contributed by atoms with van der Waals surface area (Å²) in [5.41, 5.74) is 0. The number of carboxylic acid groups (broad SMARTS) is 2. The molecule has 0 rings (SSSR count). The molecule has 5 nitrogen and oxygen atoms in total. The first-order chi connectivity index (χ1) is 7.04. The van der Waals surface area contributed by atoms with Crippen LogP contribution in [0.2, 0.25) is 0 Å². The fraction of sp³-hybridized carbons (Fsp3) is 0.400. The molecule has 0 radical (unpaired) electrons. The van der Waals surface area contributed by atoms with E-state index in [1.54, 1.807) is 0 Å². The highest BCUT2D eigenvalue weighted by atomic mass is 16.4. The van der Waals surface area contributed by atoms with E-state index < -0.39 is 11.9 Å². The van der Waals surface area contributed by atoms with Gasteiger partial charge in [-0.1, -0.05) is 26.0 Å². The van der Waals surface area contributed by atoms with Gasteiger partial charge in [0.1, 0.15) is 0 Å². The van der Waals surface area contributed by atoms with Crippen LogP contribution in [0, 0.1) is 0 Å². The molecule has 5 heteroatoms. The molecule has 0 heterocycles. The van der Waals surface area contributed by atoms with E-state index in [9.17, 15) is 9.59 Å². The summed E-state index contributed by atoms with van der Waals surface area (Å²) in [4.78, 5) is 19.6. The highest BCUT2D eigenvalue weighted by Gasteiger charge is 1.83. The van der Waals surface area contributed by atoms with E-state index in [4.69, 9.17) is 10.2 Å². The maximum atomic E-state index is 9.78. The topological polar surface area (TPSA) is 86.6 Å². The summed E-state index contributed by atoms with van der Waals surface area (Å²) in [6.45, 7) is 6.39. The van der Waals surface area contributed by atoms with Crippen molar-refractivity contribution in [3.8, 4) is 0 Å². The van der Waals surface area contributed by atoms with Crippen molar-refractivity contribution in [1.29, 1.82) is 0 Å². The molecule has 0 saturated carbocycles. The average molecular weight is 215 g/mol. The first-order valence-corrected chi connectivity index (χ1v) is 4.55. The minimum Gasteiger partial charge on any atom is -0.478 e. The molecule has 0 bridgehead atoms. The Balaban J connectivity index is 0. The quantitative estimate of drug-likeness (QED) is 0.468. The lowest BCUT2D eigenvalue weighted by Crippen LogP contribution is -2.09. The predicted molar refractivity (Wildman–Crippen MR) is 57.8 cm³/mol. The van der Waals surface area contributed by atoms with Crippen LogP contribution in [0.1, 0.15) is 13.8 Å². The second kappa shape index (κ2) is 12.4. The third-order valence-corrected chi connectivity index (χ3v) is 1.09. The monoisotopic (exact) mass is 215 g/mol. The Morgan fingerprint density at radius 1 is 1.00 bits per heavy atom.